The summed E-state index contributed by atoms with van der Waals surface area (Å²) < 4.78 is 10.9. The van der Waals surface area contributed by atoms with Gasteiger partial charge in [0.2, 0.25) is 11.8 Å². The summed E-state index contributed by atoms with van der Waals surface area (Å²) in [7, 11) is 0. The molecular formula is C15H18N2O3S. The fourth-order valence-electron chi connectivity index (χ4n) is 2.20. The molecule has 21 heavy (non-hydrogen) atoms. The quantitative estimate of drug-likeness (QED) is 0.883. The van der Waals surface area contributed by atoms with E-state index in [9.17, 15) is 5.11 Å². The normalized spacial score (nSPS) is 16.7. The van der Waals surface area contributed by atoms with Gasteiger partial charge in [0.1, 0.15) is 0 Å². The van der Waals surface area contributed by atoms with Crippen LogP contribution < -0.4 is 0 Å². The van der Waals surface area contributed by atoms with Crippen molar-refractivity contribution in [3.8, 4) is 11.5 Å². The third-order valence-corrected chi connectivity index (χ3v) is 4.90. The number of nitrogens with zero attached hydrogens (tertiary/aromatic N) is 2. The van der Waals surface area contributed by atoms with Crippen molar-refractivity contribution in [2.75, 3.05) is 25.6 Å². The Hall–Kier alpha value is -1.37. The Bertz CT molecular complexity index is 605. The van der Waals surface area contributed by atoms with Gasteiger partial charge in [-0.05, 0) is 18.6 Å². The molecule has 2 heterocycles. The van der Waals surface area contributed by atoms with E-state index in [-0.39, 0.29) is 12.0 Å². The Morgan fingerprint density at radius 1 is 1.29 bits per heavy atom. The first-order valence-electron chi connectivity index (χ1n) is 6.87. The van der Waals surface area contributed by atoms with Crippen LogP contribution in [-0.4, -0.2) is 40.9 Å². The van der Waals surface area contributed by atoms with Gasteiger partial charge in [0.15, 0.2) is 0 Å². The van der Waals surface area contributed by atoms with Gasteiger partial charge in [0.05, 0.1) is 25.6 Å². The van der Waals surface area contributed by atoms with E-state index in [2.05, 4.69) is 10.2 Å². The molecule has 0 aliphatic carbocycles. The second kappa shape index (κ2) is 6.17. The number of hydrogen-bond acceptors (Lipinski definition) is 6. The third kappa shape index (κ3) is 3.12. The molecule has 0 atom stereocenters. The molecule has 0 bridgehead atoms. The highest BCUT2D eigenvalue weighted by molar-refractivity contribution is 7.98. The first kappa shape index (κ1) is 14.6. The summed E-state index contributed by atoms with van der Waals surface area (Å²) in [5, 5.41) is 17.6. The summed E-state index contributed by atoms with van der Waals surface area (Å²) in [5.41, 5.74) is 2.01. The van der Waals surface area contributed by atoms with Gasteiger partial charge >= 0.3 is 0 Å². The Morgan fingerprint density at radius 3 is 2.76 bits per heavy atom. The van der Waals surface area contributed by atoms with Gasteiger partial charge in [-0.1, -0.05) is 18.2 Å². The smallest absolute Gasteiger partial charge is 0.248 e. The first-order valence-corrected chi connectivity index (χ1v) is 8.03. The fourth-order valence-corrected chi connectivity index (χ4v) is 3.28. The maximum Gasteiger partial charge on any atom is 0.248 e. The molecule has 1 aromatic carbocycles. The molecule has 1 aliphatic heterocycles. The molecule has 0 amide bonds. The predicted octanol–water partition coefficient (Wildman–Crippen LogP) is 2.29. The van der Waals surface area contributed by atoms with Gasteiger partial charge in [-0.25, -0.2) is 0 Å². The lowest BCUT2D eigenvalue weighted by molar-refractivity contribution is -0.121. The van der Waals surface area contributed by atoms with Crippen LogP contribution in [0.2, 0.25) is 0 Å². The summed E-state index contributed by atoms with van der Waals surface area (Å²) in [6, 6.07) is 7.95. The molecule has 0 unspecified atom stereocenters. The zero-order valence-electron chi connectivity index (χ0n) is 11.9. The van der Waals surface area contributed by atoms with Crippen LogP contribution in [0.5, 0.6) is 0 Å². The van der Waals surface area contributed by atoms with E-state index in [1.54, 1.807) is 11.8 Å². The average Bonchev–Trinajstić information content (AvgIpc) is 2.91. The van der Waals surface area contributed by atoms with Crippen molar-refractivity contribution in [3.05, 3.63) is 35.7 Å². The Morgan fingerprint density at radius 2 is 2.10 bits per heavy atom. The molecule has 112 valence electrons. The van der Waals surface area contributed by atoms with E-state index < -0.39 is 0 Å². The summed E-state index contributed by atoms with van der Waals surface area (Å²) in [6.07, 6.45) is 0. The van der Waals surface area contributed by atoms with E-state index in [1.807, 2.05) is 31.2 Å². The van der Waals surface area contributed by atoms with E-state index in [4.69, 9.17) is 9.15 Å². The van der Waals surface area contributed by atoms with Crippen LogP contribution in [0.3, 0.4) is 0 Å². The van der Waals surface area contributed by atoms with Crippen molar-refractivity contribution in [3.63, 3.8) is 0 Å². The number of aliphatic hydroxyl groups excluding tert-OH is 1. The van der Waals surface area contributed by atoms with Crippen molar-refractivity contribution < 1.29 is 14.3 Å². The van der Waals surface area contributed by atoms with Gasteiger partial charge in [-0.3, -0.25) is 0 Å². The maximum absolute atomic E-state index is 9.37. The monoisotopic (exact) mass is 306 g/mol. The van der Waals surface area contributed by atoms with Gasteiger partial charge in [0, 0.05) is 16.7 Å². The van der Waals surface area contributed by atoms with Crippen molar-refractivity contribution in [1.29, 1.82) is 0 Å². The number of thioether (sulfide) groups is 1. The fraction of sp³-hybridized carbons (Fsp3) is 0.467. The van der Waals surface area contributed by atoms with Crippen LogP contribution in [0.15, 0.2) is 28.7 Å². The summed E-state index contributed by atoms with van der Waals surface area (Å²) >= 11 is 1.69. The SMILES string of the molecule is Cc1ccccc1-c1nnc(CSCC2(CO)COC2)o1. The Labute approximate surface area is 127 Å². The van der Waals surface area contributed by atoms with Crippen LogP contribution in [0.1, 0.15) is 11.5 Å². The molecule has 1 aromatic heterocycles. The summed E-state index contributed by atoms with van der Waals surface area (Å²) in [4.78, 5) is 0. The van der Waals surface area contributed by atoms with Crippen molar-refractivity contribution in [1.82, 2.24) is 10.2 Å². The topological polar surface area (TPSA) is 68.4 Å². The predicted molar refractivity (Wildman–Crippen MR) is 81.0 cm³/mol. The standard InChI is InChI=1S/C15H18N2O3S/c1-11-4-2-3-5-12(11)14-17-16-13(20-14)6-21-10-15(7-18)8-19-9-15/h2-5,18H,6-10H2,1H3. The molecule has 0 saturated carbocycles. The van der Waals surface area contributed by atoms with E-state index in [0.29, 0.717) is 30.7 Å². The molecule has 0 spiro atoms. The third-order valence-electron chi connectivity index (χ3n) is 3.63. The van der Waals surface area contributed by atoms with E-state index >= 15 is 0 Å². The lowest BCUT2D eigenvalue weighted by Gasteiger charge is -2.39. The molecule has 1 saturated heterocycles. The van der Waals surface area contributed by atoms with Crippen LogP contribution in [0, 0.1) is 12.3 Å². The number of benzene rings is 1. The number of hydrogen-bond donors (Lipinski definition) is 1. The minimum absolute atomic E-state index is 0.0798. The molecule has 2 aromatic rings. The van der Waals surface area contributed by atoms with Crippen molar-refractivity contribution in [2.45, 2.75) is 12.7 Å². The highest BCUT2D eigenvalue weighted by Crippen LogP contribution is 2.32. The zero-order valence-corrected chi connectivity index (χ0v) is 12.7. The van der Waals surface area contributed by atoms with E-state index in [0.717, 1.165) is 16.9 Å². The molecular weight excluding hydrogens is 288 g/mol. The molecule has 0 radical (unpaired) electrons. The largest absolute Gasteiger partial charge is 0.420 e. The number of aromatic nitrogens is 2. The maximum atomic E-state index is 9.37. The highest BCUT2D eigenvalue weighted by Gasteiger charge is 2.37. The number of rotatable bonds is 6. The number of aryl methyl sites for hydroxylation is 1. The highest BCUT2D eigenvalue weighted by atomic mass is 32.2. The van der Waals surface area contributed by atoms with Gasteiger partial charge in [0.25, 0.3) is 0 Å². The van der Waals surface area contributed by atoms with Crippen LogP contribution >= 0.6 is 11.8 Å². The molecule has 1 N–H and O–H groups in total. The summed E-state index contributed by atoms with van der Waals surface area (Å²) in [5.74, 6) is 2.67. The van der Waals surface area contributed by atoms with Gasteiger partial charge < -0.3 is 14.3 Å². The second-order valence-electron chi connectivity index (χ2n) is 5.46. The van der Waals surface area contributed by atoms with Gasteiger partial charge in [-0.2, -0.15) is 11.8 Å². The average molecular weight is 306 g/mol. The van der Waals surface area contributed by atoms with Crippen LogP contribution in [0.25, 0.3) is 11.5 Å². The molecule has 6 heteroatoms. The van der Waals surface area contributed by atoms with Crippen LogP contribution in [0.4, 0.5) is 0 Å². The lowest BCUT2D eigenvalue weighted by Crippen LogP contribution is -2.47. The Kier molecular flexibility index (Phi) is 4.28. The molecule has 1 aliphatic rings. The molecule has 1 fully saturated rings. The summed E-state index contributed by atoms with van der Waals surface area (Å²) in [6.45, 7) is 3.46. The number of aliphatic hydroxyl groups is 1. The lowest BCUT2D eigenvalue weighted by atomic mass is 9.90. The van der Waals surface area contributed by atoms with E-state index in [1.165, 1.54) is 0 Å². The minimum Gasteiger partial charge on any atom is -0.420 e. The van der Waals surface area contributed by atoms with Gasteiger partial charge in [-0.15, -0.1) is 10.2 Å². The van der Waals surface area contributed by atoms with Crippen molar-refractivity contribution >= 4 is 11.8 Å². The number of ether oxygens (including phenoxy) is 1. The van der Waals surface area contributed by atoms with Crippen LogP contribution in [-0.2, 0) is 10.5 Å². The minimum atomic E-state index is -0.0798. The second-order valence-corrected chi connectivity index (χ2v) is 6.45. The Balaban J connectivity index is 1.59. The van der Waals surface area contributed by atoms with Crippen molar-refractivity contribution in [2.24, 2.45) is 5.41 Å². The zero-order chi connectivity index (χ0) is 14.7. The first-order chi connectivity index (χ1) is 10.2. The molecule has 5 nitrogen and oxygen atoms in total. The molecule has 3 rings (SSSR count).